The van der Waals surface area contributed by atoms with Crippen molar-refractivity contribution in [2.24, 2.45) is 0 Å². The minimum atomic E-state index is 0.892. The molecule has 2 aromatic heterocycles. The number of rotatable bonds is 0. The van der Waals surface area contributed by atoms with Crippen LogP contribution in [0.5, 0.6) is 0 Å². The van der Waals surface area contributed by atoms with Crippen LogP contribution in [-0.2, 0) is 0 Å². The summed E-state index contributed by atoms with van der Waals surface area (Å²) in [6.07, 6.45) is 0. The van der Waals surface area contributed by atoms with Gasteiger partial charge in [0.25, 0.3) is 0 Å². The summed E-state index contributed by atoms with van der Waals surface area (Å²) < 4.78 is 1.97. The zero-order valence-corrected chi connectivity index (χ0v) is 8.29. The van der Waals surface area contributed by atoms with E-state index in [2.05, 4.69) is 15.2 Å². The van der Waals surface area contributed by atoms with Gasteiger partial charge in [0.15, 0.2) is 5.65 Å². The summed E-state index contributed by atoms with van der Waals surface area (Å²) in [5, 5.41) is 8.14. The maximum absolute atomic E-state index is 4.42. The lowest BCUT2D eigenvalue weighted by Gasteiger charge is -2.04. The minimum absolute atomic E-state index is 0.892. The van der Waals surface area contributed by atoms with Crippen LogP contribution in [0, 0.1) is 27.7 Å². The molecule has 0 spiro atoms. The summed E-state index contributed by atoms with van der Waals surface area (Å²) >= 11 is 0. The van der Waals surface area contributed by atoms with Crippen LogP contribution < -0.4 is 0 Å². The van der Waals surface area contributed by atoms with Crippen molar-refractivity contribution >= 4 is 5.65 Å². The first-order chi connectivity index (χ1) is 6.11. The van der Waals surface area contributed by atoms with Crippen molar-refractivity contribution in [2.75, 3.05) is 0 Å². The Morgan fingerprint density at radius 1 is 0.923 bits per heavy atom. The minimum Gasteiger partial charge on any atom is -0.267 e. The van der Waals surface area contributed by atoms with Crippen LogP contribution in [0.3, 0.4) is 0 Å². The zero-order chi connectivity index (χ0) is 9.59. The molecule has 0 bridgehead atoms. The van der Waals surface area contributed by atoms with E-state index in [-0.39, 0.29) is 0 Å². The number of fused-ring (bicyclic) bond motifs is 1. The van der Waals surface area contributed by atoms with E-state index in [9.17, 15) is 0 Å². The van der Waals surface area contributed by atoms with E-state index in [1.165, 1.54) is 0 Å². The fourth-order valence-electron chi connectivity index (χ4n) is 1.53. The van der Waals surface area contributed by atoms with Crippen molar-refractivity contribution < 1.29 is 0 Å². The lowest BCUT2D eigenvalue weighted by molar-refractivity contribution is 0.906. The average Bonchev–Trinajstić information content (AvgIpc) is 2.44. The van der Waals surface area contributed by atoms with E-state index < -0.39 is 0 Å². The Labute approximate surface area is 76.6 Å². The van der Waals surface area contributed by atoms with Gasteiger partial charge >= 0.3 is 0 Å². The lowest BCUT2D eigenvalue weighted by Crippen LogP contribution is -2.02. The van der Waals surface area contributed by atoms with Gasteiger partial charge < -0.3 is 0 Å². The summed E-state index contributed by atoms with van der Waals surface area (Å²) in [4.78, 5) is 4.42. The highest BCUT2D eigenvalue weighted by Gasteiger charge is 2.09. The maximum Gasteiger partial charge on any atom is 0.166 e. The molecule has 0 saturated heterocycles. The van der Waals surface area contributed by atoms with Gasteiger partial charge in [0.1, 0.15) is 11.6 Å². The molecule has 0 aliphatic carbocycles. The number of aryl methyl sites for hydroxylation is 4. The van der Waals surface area contributed by atoms with Gasteiger partial charge in [-0.15, -0.1) is 10.2 Å². The van der Waals surface area contributed by atoms with Gasteiger partial charge in [-0.2, -0.15) is 0 Å². The number of nitrogens with zero attached hydrogens (tertiary/aromatic N) is 4. The molecule has 0 aliphatic rings. The summed E-state index contributed by atoms with van der Waals surface area (Å²) in [5.41, 5.74) is 3.05. The standard InChI is InChI=1S/C9H12N4/c1-5-6(2)10-7(3)13-8(4)11-12-9(5)13/h1-4H3. The molecule has 0 atom stereocenters. The van der Waals surface area contributed by atoms with E-state index in [1.54, 1.807) is 0 Å². The highest BCUT2D eigenvalue weighted by molar-refractivity contribution is 5.48. The fraction of sp³-hybridized carbons (Fsp3) is 0.444. The van der Waals surface area contributed by atoms with Crippen molar-refractivity contribution in [3.05, 3.63) is 22.9 Å². The largest absolute Gasteiger partial charge is 0.267 e. The molecule has 0 unspecified atom stereocenters. The molecule has 2 rings (SSSR count). The Morgan fingerprint density at radius 2 is 1.62 bits per heavy atom. The van der Waals surface area contributed by atoms with Gasteiger partial charge in [-0.3, -0.25) is 4.40 Å². The number of aromatic nitrogens is 4. The van der Waals surface area contributed by atoms with Crippen molar-refractivity contribution in [3.8, 4) is 0 Å². The molecule has 0 fully saturated rings. The van der Waals surface area contributed by atoms with Crippen molar-refractivity contribution in [1.29, 1.82) is 0 Å². The first kappa shape index (κ1) is 8.16. The van der Waals surface area contributed by atoms with Crippen LogP contribution >= 0.6 is 0 Å². The molecule has 0 N–H and O–H groups in total. The summed E-state index contributed by atoms with van der Waals surface area (Å²) in [6, 6.07) is 0. The topological polar surface area (TPSA) is 43.1 Å². The molecular formula is C9H12N4. The van der Waals surface area contributed by atoms with Crippen LogP contribution in [0.15, 0.2) is 0 Å². The highest BCUT2D eigenvalue weighted by atomic mass is 15.3. The lowest BCUT2D eigenvalue weighted by atomic mass is 10.2. The van der Waals surface area contributed by atoms with Crippen molar-refractivity contribution in [3.63, 3.8) is 0 Å². The number of hydrogen-bond acceptors (Lipinski definition) is 3. The first-order valence-electron chi connectivity index (χ1n) is 4.27. The van der Waals surface area contributed by atoms with Crippen LogP contribution in [-0.4, -0.2) is 19.6 Å². The molecule has 0 radical (unpaired) electrons. The van der Waals surface area contributed by atoms with E-state index in [1.807, 2.05) is 32.1 Å². The highest BCUT2D eigenvalue weighted by Crippen LogP contribution is 2.13. The van der Waals surface area contributed by atoms with E-state index in [0.29, 0.717) is 0 Å². The average molecular weight is 176 g/mol. The Kier molecular flexibility index (Phi) is 1.58. The molecule has 0 saturated carbocycles. The van der Waals surface area contributed by atoms with Crippen LogP contribution in [0.4, 0.5) is 0 Å². The molecule has 4 heteroatoms. The van der Waals surface area contributed by atoms with Gasteiger partial charge in [-0.25, -0.2) is 4.98 Å². The molecule has 0 aromatic carbocycles. The summed E-state index contributed by atoms with van der Waals surface area (Å²) in [5.74, 6) is 1.84. The summed E-state index contributed by atoms with van der Waals surface area (Å²) in [7, 11) is 0. The fourth-order valence-corrected chi connectivity index (χ4v) is 1.53. The second-order valence-corrected chi connectivity index (χ2v) is 3.28. The third kappa shape index (κ3) is 1.02. The maximum atomic E-state index is 4.42. The zero-order valence-electron chi connectivity index (χ0n) is 8.29. The summed E-state index contributed by atoms with van der Waals surface area (Å²) in [6.45, 7) is 7.91. The van der Waals surface area contributed by atoms with E-state index in [4.69, 9.17) is 0 Å². The van der Waals surface area contributed by atoms with Crippen LogP contribution in [0.25, 0.3) is 5.65 Å². The second-order valence-electron chi connectivity index (χ2n) is 3.28. The molecule has 2 aromatic rings. The van der Waals surface area contributed by atoms with Gasteiger partial charge in [0.2, 0.25) is 0 Å². The van der Waals surface area contributed by atoms with Gasteiger partial charge in [0, 0.05) is 11.3 Å². The normalized spacial score (nSPS) is 11.1. The Morgan fingerprint density at radius 3 is 2.31 bits per heavy atom. The molecule has 0 amide bonds. The monoisotopic (exact) mass is 176 g/mol. The quantitative estimate of drug-likeness (QED) is 0.608. The predicted molar refractivity (Wildman–Crippen MR) is 49.7 cm³/mol. The predicted octanol–water partition coefficient (Wildman–Crippen LogP) is 1.36. The molecule has 2 heterocycles. The van der Waals surface area contributed by atoms with Crippen molar-refractivity contribution in [2.45, 2.75) is 27.7 Å². The van der Waals surface area contributed by atoms with Crippen LogP contribution in [0.1, 0.15) is 22.9 Å². The van der Waals surface area contributed by atoms with Crippen LogP contribution in [0.2, 0.25) is 0 Å². The molecule has 4 nitrogen and oxygen atoms in total. The molecule has 0 aliphatic heterocycles. The third-order valence-electron chi connectivity index (χ3n) is 2.36. The van der Waals surface area contributed by atoms with Crippen molar-refractivity contribution in [1.82, 2.24) is 19.6 Å². The Hall–Kier alpha value is -1.45. The Bertz CT molecular complexity index is 470. The second kappa shape index (κ2) is 2.52. The van der Waals surface area contributed by atoms with Gasteiger partial charge in [-0.05, 0) is 27.7 Å². The Balaban J connectivity index is 2.99. The SMILES string of the molecule is Cc1nc(C)n2c(C)nnc2c1C. The van der Waals surface area contributed by atoms with Gasteiger partial charge in [-0.1, -0.05) is 0 Å². The molecule has 68 valence electrons. The smallest absolute Gasteiger partial charge is 0.166 e. The third-order valence-corrected chi connectivity index (χ3v) is 2.36. The van der Waals surface area contributed by atoms with E-state index in [0.717, 1.165) is 28.6 Å². The van der Waals surface area contributed by atoms with E-state index >= 15 is 0 Å². The number of hydrogen-bond donors (Lipinski definition) is 0. The molecular weight excluding hydrogens is 164 g/mol. The van der Waals surface area contributed by atoms with Gasteiger partial charge in [0.05, 0.1) is 0 Å². The first-order valence-corrected chi connectivity index (χ1v) is 4.27. The molecule has 13 heavy (non-hydrogen) atoms.